The van der Waals surface area contributed by atoms with Gasteiger partial charge < -0.3 is 24.8 Å². The highest BCUT2D eigenvalue weighted by atomic mass is 35.5. The Balaban J connectivity index is 0.00000192. The Labute approximate surface area is 146 Å². The number of anilines is 1. The van der Waals surface area contributed by atoms with Crippen LogP contribution in [0.3, 0.4) is 0 Å². The molecule has 1 amide bonds. The molecule has 0 aromatic heterocycles. The molecule has 2 N–H and O–H groups in total. The third-order valence-electron chi connectivity index (χ3n) is 3.59. The summed E-state index contributed by atoms with van der Waals surface area (Å²) in [6, 6.07) is 3.35. The van der Waals surface area contributed by atoms with E-state index < -0.39 is 0 Å². The molecule has 2 heterocycles. The molecular formula is C15H20Cl2N2O4. The molecule has 1 fully saturated rings. The van der Waals surface area contributed by atoms with Crippen LogP contribution in [0.1, 0.15) is 12.8 Å². The van der Waals surface area contributed by atoms with Crippen molar-refractivity contribution in [2.45, 2.75) is 18.9 Å². The van der Waals surface area contributed by atoms with E-state index in [9.17, 15) is 4.79 Å². The van der Waals surface area contributed by atoms with Crippen LogP contribution in [-0.2, 0) is 9.53 Å². The van der Waals surface area contributed by atoms with E-state index in [-0.39, 0.29) is 31.0 Å². The summed E-state index contributed by atoms with van der Waals surface area (Å²) in [5.41, 5.74) is 0.523. The summed E-state index contributed by atoms with van der Waals surface area (Å²) in [6.07, 6.45) is 2.35. The van der Waals surface area contributed by atoms with Gasteiger partial charge in [0.05, 0.1) is 23.4 Å². The van der Waals surface area contributed by atoms with Crippen LogP contribution in [0, 0.1) is 0 Å². The van der Waals surface area contributed by atoms with Crippen LogP contribution in [0.5, 0.6) is 11.5 Å². The van der Waals surface area contributed by atoms with Gasteiger partial charge in [-0.25, -0.2) is 0 Å². The zero-order valence-corrected chi connectivity index (χ0v) is 14.2. The standard InChI is InChI=1S/C15H19ClN2O4.ClH/c16-11-6-13-14(22-5-4-21-13)7-12(11)18-15(19)9-17-8-10-2-1-3-20-10;/h6-7,10,17H,1-5,8-9H2,(H,18,19);1H. The predicted molar refractivity (Wildman–Crippen MR) is 90.2 cm³/mol. The highest BCUT2D eigenvalue weighted by Gasteiger charge is 2.17. The average molecular weight is 363 g/mol. The van der Waals surface area contributed by atoms with E-state index in [1.165, 1.54) is 0 Å². The van der Waals surface area contributed by atoms with Crippen molar-refractivity contribution in [1.29, 1.82) is 0 Å². The molecule has 2 aliphatic rings. The number of rotatable bonds is 5. The molecule has 128 valence electrons. The van der Waals surface area contributed by atoms with Crippen molar-refractivity contribution in [2.24, 2.45) is 0 Å². The summed E-state index contributed by atoms with van der Waals surface area (Å²) in [5.74, 6) is 1.04. The molecule has 23 heavy (non-hydrogen) atoms. The molecule has 0 saturated carbocycles. The summed E-state index contributed by atoms with van der Waals surface area (Å²) in [6.45, 7) is 2.70. The van der Waals surface area contributed by atoms with Crippen LogP contribution >= 0.6 is 24.0 Å². The molecule has 1 saturated heterocycles. The van der Waals surface area contributed by atoms with Crippen LogP contribution in [0.2, 0.25) is 5.02 Å². The number of carbonyl (C=O) groups excluding carboxylic acids is 1. The van der Waals surface area contributed by atoms with Crippen molar-refractivity contribution in [1.82, 2.24) is 5.32 Å². The van der Waals surface area contributed by atoms with E-state index in [0.29, 0.717) is 42.0 Å². The number of carbonyl (C=O) groups is 1. The van der Waals surface area contributed by atoms with Gasteiger partial charge in [-0.05, 0) is 12.8 Å². The Morgan fingerprint density at radius 1 is 1.22 bits per heavy atom. The minimum Gasteiger partial charge on any atom is -0.486 e. The van der Waals surface area contributed by atoms with Crippen molar-refractivity contribution >= 4 is 35.6 Å². The zero-order valence-electron chi connectivity index (χ0n) is 12.6. The van der Waals surface area contributed by atoms with E-state index in [1.54, 1.807) is 12.1 Å². The second-order valence-electron chi connectivity index (χ2n) is 5.29. The predicted octanol–water partition coefficient (Wildman–Crippen LogP) is 2.24. The molecule has 0 bridgehead atoms. The maximum atomic E-state index is 12.0. The lowest BCUT2D eigenvalue weighted by molar-refractivity contribution is -0.115. The number of benzene rings is 1. The molecule has 6 nitrogen and oxygen atoms in total. The molecule has 1 aromatic rings. The largest absolute Gasteiger partial charge is 0.486 e. The third-order valence-corrected chi connectivity index (χ3v) is 3.90. The highest BCUT2D eigenvalue weighted by molar-refractivity contribution is 6.34. The van der Waals surface area contributed by atoms with Crippen LogP contribution < -0.4 is 20.1 Å². The van der Waals surface area contributed by atoms with Gasteiger partial charge in [-0.15, -0.1) is 12.4 Å². The number of amides is 1. The monoisotopic (exact) mass is 362 g/mol. The lowest BCUT2D eigenvalue weighted by Crippen LogP contribution is -2.33. The molecule has 0 spiro atoms. The molecule has 1 atom stereocenters. The number of nitrogens with one attached hydrogen (secondary N) is 2. The summed E-state index contributed by atoms with van der Waals surface area (Å²) in [7, 11) is 0. The topological polar surface area (TPSA) is 68.8 Å². The minimum absolute atomic E-state index is 0. The second-order valence-corrected chi connectivity index (χ2v) is 5.70. The van der Waals surface area contributed by atoms with Gasteiger partial charge in [0.25, 0.3) is 0 Å². The number of ether oxygens (including phenoxy) is 3. The average Bonchev–Trinajstić information content (AvgIpc) is 3.01. The van der Waals surface area contributed by atoms with Crippen LogP contribution in [0.4, 0.5) is 5.69 Å². The van der Waals surface area contributed by atoms with Gasteiger partial charge in [0.1, 0.15) is 13.2 Å². The van der Waals surface area contributed by atoms with E-state index in [0.717, 1.165) is 19.4 Å². The first-order valence-electron chi connectivity index (χ1n) is 7.43. The Morgan fingerprint density at radius 2 is 1.96 bits per heavy atom. The minimum atomic E-state index is -0.156. The summed E-state index contributed by atoms with van der Waals surface area (Å²) >= 11 is 6.15. The Morgan fingerprint density at radius 3 is 2.65 bits per heavy atom. The second kappa shape index (κ2) is 8.59. The first-order valence-corrected chi connectivity index (χ1v) is 7.81. The maximum absolute atomic E-state index is 12.0. The maximum Gasteiger partial charge on any atom is 0.238 e. The van der Waals surface area contributed by atoms with Gasteiger partial charge in [-0.1, -0.05) is 11.6 Å². The van der Waals surface area contributed by atoms with Crippen molar-refractivity contribution in [3.05, 3.63) is 17.2 Å². The van der Waals surface area contributed by atoms with Crippen LogP contribution in [0.15, 0.2) is 12.1 Å². The third kappa shape index (κ3) is 4.88. The first-order chi connectivity index (χ1) is 10.7. The molecule has 8 heteroatoms. The number of hydrogen-bond donors (Lipinski definition) is 2. The molecule has 3 rings (SSSR count). The molecule has 0 radical (unpaired) electrons. The molecule has 1 unspecified atom stereocenters. The van der Waals surface area contributed by atoms with Gasteiger partial charge in [-0.2, -0.15) is 0 Å². The molecule has 0 aliphatic carbocycles. The number of hydrogen-bond acceptors (Lipinski definition) is 5. The van der Waals surface area contributed by atoms with Crippen LogP contribution in [-0.4, -0.2) is 44.9 Å². The molecule has 1 aromatic carbocycles. The first kappa shape index (κ1) is 18.1. The van der Waals surface area contributed by atoms with E-state index >= 15 is 0 Å². The van der Waals surface area contributed by atoms with E-state index in [4.69, 9.17) is 25.8 Å². The van der Waals surface area contributed by atoms with Crippen molar-refractivity contribution in [3.63, 3.8) is 0 Å². The normalized spacial score (nSPS) is 19.1. The molecule has 2 aliphatic heterocycles. The lowest BCUT2D eigenvalue weighted by atomic mass is 10.2. The van der Waals surface area contributed by atoms with Gasteiger partial charge in [-0.3, -0.25) is 4.79 Å². The quantitative estimate of drug-likeness (QED) is 0.840. The smallest absolute Gasteiger partial charge is 0.238 e. The SMILES string of the molecule is Cl.O=C(CNCC1CCCO1)Nc1cc2c(cc1Cl)OCCO2. The zero-order chi connectivity index (χ0) is 15.4. The fourth-order valence-electron chi connectivity index (χ4n) is 2.51. The van der Waals surface area contributed by atoms with Crippen molar-refractivity contribution in [2.75, 3.05) is 38.2 Å². The van der Waals surface area contributed by atoms with Gasteiger partial charge in [0, 0.05) is 25.3 Å². The van der Waals surface area contributed by atoms with Crippen molar-refractivity contribution < 1.29 is 19.0 Å². The fourth-order valence-corrected chi connectivity index (χ4v) is 2.71. The van der Waals surface area contributed by atoms with Crippen LogP contribution in [0.25, 0.3) is 0 Å². The van der Waals surface area contributed by atoms with Gasteiger partial charge in [0.15, 0.2) is 11.5 Å². The Bertz CT molecular complexity index is 551. The number of fused-ring (bicyclic) bond motifs is 1. The van der Waals surface area contributed by atoms with Gasteiger partial charge >= 0.3 is 0 Å². The molecular weight excluding hydrogens is 343 g/mol. The lowest BCUT2D eigenvalue weighted by Gasteiger charge is -2.20. The highest BCUT2D eigenvalue weighted by Crippen LogP contribution is 2.37. The summed E-state index contributed by atoms with van der Waals surface area (Å²) in [4.78, 5) is 12.0. The Hall–Kier alpha value is -1.21. The van der Waals surface area contributed by atoms with Gasteiger partial charge in [0.2, 0.25) is 5.91 Å². The van der Waals surface area contributed by atoms with E-state index in [2.05, 4.69) is 10.6 Å². The summed E-state index contributed by atoms with van der Waals surface area (Å²) < 4.78 is 16.4. The van der Waals surface area contributed by atoms with Crippen molar-refractivity contribution in [3.8, 4) is 11.5 Å². The summed E-state index contributed by atoms with van der Waals surface area (Å²) in [5, 5.41) is 6.30. The van der Waals surface area contributed by atoms with E-state index in [1.807, 2.05) is 0 Å². The fraction of sp³-hybridized carbons (Fsp3) is 0.533. The number of halogens is 2. The Kier molecular flexibility index (Phi) is 6.77.